The molecule has 0 saturated heterocycles. The standard InChI is InChI=1S/C30H22O8/c31-11-13-7-17-23(15-3-1-5-19(33)25(15)29(37)27(17)21(35)9-13)24-16-4-2-6-20(34)26(16)30(38)28-18(24)8-14(12-32)10-22(28)36/h1-10,23-24,31-36H,11-12H2/t23-,24-/m0/s1. The number of carbonyl (C=O) groups is 2. The second-order valence-corrected chi connectivity index (χ2v) is 9.57. The number of fused-ring (bicyclic) bond motifs is 4. The summed E-state index contributed by atoms with van der Waals surface area (Å²) in [6.45, 7) is -0.831. The molecular weight excluding hydrogens is 488 g/mol. The van der Waals surface area contributed by atoms with Crippen LogP contribution in [0.1, 0.15) is 77.1 Å². The van der Waals surface area contributed by atoms with E-state index < -0.39 is 36.6 Å². The third-order valence-electron chi connectivity index (χ3n) is 7.51. The third kappa shape index (κ3) is 3.17. The SMILES string of the molecule is O=C1c2c(O)cccc2[C@H]([C@H]2c3cccc(O)c3C(=O)c3c(O)cc(CO)cc32)c2cc(CO)cc(O)c21. The van der Waals surface area contributed by atoms with Crippen molar-refractivity contribution in [1.29, 1.82) is 0 Å². The number of aromatic hydroxyl groups is 4. The predicted octanol–water partition coefficient (Wildman–Crippen LogP) is 3.55. The van der Waals surface area contributed by atoms with E-state index in [1.807, 2.05) is 0 Å². The van der Waals surface area contributed by atoms with E-state index >= 15 is 0 Å². The number of carbonyl (C=O) groups excluding carboxylic acids is 2. The average Bonchev–Trinajstić information content (AvgIpc) is 2.89. The van der Waals surface area contributed by atoms with E-state index in [2.05, 4.69) is 0 Å². The average molecular weight is 510 g/mol. The number of phenols is 4. The molecule has 2 aliphatic carbocycles. The zero-order chi connectivity index (χ0) is 26.9. The van der Waals surface area contributed by atoms with Crippen LogP contribution in [0, 0.1) is 0 Å². The van der Waals surface area contributed by atoms with Crippen molar-refractivity contribution in [3.05, 3.63) is 116 Å². The first kappa shape index (κ1) is 23.7. The van der Waals surface area contributed by atoms with Crippen LogP contribution in [0.3, 0.4) is 0 Å². The van der Waals surface area contributed by atoms with Crippen LogP contribution in [0.5, 0.6) is 23.0 Å². The van der Waals surface area contributed by atoms with Gasteiger partial charge in [-0.25, -0.2) is 0 Å². The van der Waals surface area contributed by atoms with Crippen LogP contribution in [0.25, 0.3) is 0 Å². The number of aliphatic hydroxyl groups excluding tert-OH is 2. The molecule has 4 aromatic rings. The first-order valence-electron chi connectivity index (χ1n) is 11.9. The van der Waals surface area contributed by atoms with E-state index in [9.17, 15) is 40.2 Å². The number of benzene rings is 4. The first-order valence-corrected chi connectivity index (χ1v) is 11.9. The van der Waals surface area contributed by atoms with E-state index in [1.54, 1.807) is 36.4 Å². The summed E-state index contributed by atoms with van der Waals surface area (Å²) in [5.74, 6) is -4.11. The molecule has 8 nitrogen and oxygen atoms in total. The number of rotatable bonds is 3. The molecule has 0 saturated carbocycles. The van der Waals surface area contributed by atoms with Crippen molar-refractivity contribution in [2.45, 2.75) is 25.0 Å². The predicted molar refractivity (Wildman–Crippen MR) is 135 cm³/mol. The van der Waals surface area contributed by atoms with Gasteiger partial charge in [-0.15, -0.1) is 0 Å². The Morgan fingerprint density at radius 2 is 0.868 bits per heavy atom. The van der Waals surface area contributed by atoms with Crippen molar-refractivity contribution >= 4 is 11.6 Å². The molecule has 4 aromatic carbocycles. The van der Waals surface area contributed by atoms with Crippen LogP contribution in [-0.4, -0.2) is 42.2 Å². The van der Waals surface area contributed by atoms with Gasteiger partial charge in [0.2, 0.25) is 11.6 Å². The highest BCUT2D eigenvalue weighted by atomic mass is 16.3. The van der Waals surface area contributed by atoms with Crippen molar-refractivity contribution in [2.75, 3.05) is 0 Å². The number of hydrogen-bond donors (Lipinski definition) is 6. The molecule has 0 amide bonds. The minimum Gasteiger partial charge on any atom is -0.507 e. The van der Waals surface area contributed by atoms with E-state index in [0.29, 0.717) is 33.4 Å². The Balaban J connectivity index is 1.77. The van der Waals surface area contributed by atoms with E-state index in [4.69, 9.17) is 0 Å². The molecule has 0 unspecified atom stereocenters. The van der Waals surface area contributed by atoms with Crippen molar-refractivity contribution < 1.29 is 40.2 Å². The Bertz CT molecular complexity index is 1560. The van der Waals surface area contributed by atoms with Gasteiger partial charge in [-0.05, 0) is 57.6 Å². The fourth-order valence-corrected chi connectivity index (χ4v) is 6.02. The van der Waals surface area contributed by atoms with Gasteiger partial charge in [0.25, 0.3) is 0 Å². The Labute approximate surface area is 216 Å². The van der Waals surface area contributed by atoms with Gasteiger partial charge in [-0.1, -0.05) is 36.4 Å². The molecule has 0 radical (unpaired) electrons. The summed E-state index contributed by atoms with van der Waals surface area (Å²) in [7, 11) is 0. The fourth-order valence-electron chi connectivity index (χ4n) is 6.02. The van der Waals surface area contributed by atoms with Crippen LogP contribution >= 0.6 is 0 Å². The molecule has 6 N–H and O–H groups in total. The molecule has 0 fully saturated rings. The summed E-state index contributed by atoms with van der Waals surface area (Å²) in [6.07, 6.45) is 0. The number of hydrogen-bond acceptors (Lipinski definition) is 8. The van der Waals surface area contributed by atoms with Gasteiger partial charge in [0.15, 0.2) is 0 Å². The van der Waals surface area contributed by atoms with Crippen LogP contribution in [-0.2, 0) is 13.2 Å². The third-order valence-corrected chi connectivity index (χ3v) is 7.51. The Morgan fingerprint density at radius 1 is 0.500 bits per heavy atom. The van der Waals surface area contributed by atoms with Gasteiger partial charge in [-0.3, -0.25) is 9.59 Å². The molecule has 0 aromatic heterocycles. The lowest BCUT2D eigenvalue weighted by Gasteiger charge is -2.38. The first-order chi connectivity index (χ1) is 18.3. The maximum atomic E-state index is 13.6. The quantitative estimate of drug-likeness (QED) is 0.244. The van der Waals surface area contributed by atoms with Gasteiger partial charge in [0.05, 0.1) is 35.5 Å². The van der Waals surface area contributed by atoms with E-state index in [1.165, 1.54) is 24.3 Å². The lowest BCUT2D eigenvalue weighted by molar-refractivity contribution is 0.101. The van der Waals surface area contributed by atoms with Crippen LogP contribution < -0.4 is 0 Å². The summed E-state index contributed by atoms with van der Waals surface area (Å²) in [5, 5.41) is 63.1. The smallest absolute Gasteiger partial charge is 0.201 e. The van der Waals surface area contributed by atoms with Crippen molar-refractivity contribution in [3.63, 3.8) is 0 Å². The minimum atomic E-state index is -0.803. The summed E-state index contributed by atoms with van der Waals surface area (Å²) >= 11 is 0. The largest absolute Gasteiger partial charge is 0.507 e. The second-order valence-electron chi connectivity index (χ2n) is 9.57. The topological polar surface area (TPSA) is 156 Å². The molecule has 2 atom stereocenters. The van der Waals surface area contributed by atoms with Gasteiger partial charge < -0.3 is 30.6 Å². The Hall–Kier alpha value is -4.66. The zero-order valence-electron chi connectivity index (χ0n) is 19.8. The highest BCUT2D eigenvalue weighted by Gasteiger charge is 2.45. The van der Waals surface area contributed by atoms with Crippen molar-refractivity contribution in [3.8, 4) is 23.0 Å². The fraction of sp³-hybridized carbons (Fsp3) is 0.133. The van der Waals surface area contributed by atoms with Gasteiger partial charge >= 0.3 is 0 Å². The highest BCUT2D eigenvalue weighted by molar-refractivity contribution is 6.18. The molecule has 6 rings (SSSR count). The highest BCUT2D eigenvalue weighted by Crippen LogP contribution is 2.55. The normalized spacial score (nSPS) is 17.4. The summed E-state index contributed by atoms with van der Waals surface area (Å²) in [6, 6.07) is 15.0. The molecule has 2 aliphatic rings. The van der Waals surface area contributed by atoms with Crippen LogP contribution in [0.4, 0.5) is 0 Å². The van der Waals surface area contributed by atoms with E-state index in [0.717, 1.165) is 0 Å². The number of ketones is 2. The molecule has 0 aliphatic heterocycles. The van der Waals surface area contributed by atoms with Gasteiger partial charge in [0, 0.05) is 11.8 Å². The Morgan fingerprint density at radius 3 is 1.24 bits per heavy atom. The van der Waals surface area contributed by atoms with Crippen LogP contribution in [0.2, 0.25) is 0 Å². The molecule has 0 bridgehead atoms. The van der Waals surface area contributed by atoms with Gasteiger partial charge in [-0.2, -0.15) is 0 Å². The summed E-state index contributed by atoms with van der Waals surface area (Å²) in [5.41, 5.74) is 2.08. The summed E-state index contributed by atoms with van der Waals surface area (Å²) in [4.78, 5) is 27.2. The molecule has 0 heterocycles. The molecule has 190 valence electrons. The van der Waals surface area contributed by atoms with Crippen molar-refractivity contribution in [1.82, 2.24) is 0 Å². The zero-order valence-corrected chi connectivity index (χ0v) is 19.8. The maximum absolute atomic E-state index is 13.6. The number of aliphatic hydroxyl groups is 2. The number of phenolic OH excluding ortho intramolecular Hbond substituents is 4. The van der Waals surface area contributed by atoms with Gasteiger partial charge in [0.1, 0.15) is 23.0 Å². The van der Waals surface area contributed by atoms with E-state index in [-0.39, 0.29) is 45.3 Å². The van der Waals surface area contributed by atoms with Crippen molar-refractivity contribution in [2.24, 2.45) is 0 Å². The maximum Gasteiger partial charge on any atom is 0.201 e. The summed E-state index contributed by atoms with van der Waals surface area (Å²) < 4.78 is 0. The minimum absolute atomic E-state index is 0.0141. The molecule has 8 heteroatoms. The molecular formula is C30H22O8. The Kier molecular flexibility index (Phi) is 5.27. The lowest BCUT2D eigenvalue weighted by atomic mass is 9.63. The van der Waals surface area contributed by atoms with Crippen LogP contribution in [0.15, 0.2) is 60.7 Å². The molecule has 0 spiro atoms. The lowest BCUT2D eigenvalue weighted by Crippen LogP contribution is -2.29. The monoisotopic (exact) mass is 510 g/mol. The molecule has 38 heavy (non-hydrogen) atoms. The second kappa shape index (κ2) is 8.44.